The van der Waals surface area contributed by atoms with E-state index in [0.717, 1.165) is 12.1 Å². The molecule has 0 radical (unpaired) electrons. The number of hydrogen-bond donors (Lipinski definition) is 0. The Hall–Kier alpha value is -3.32. The van der Waals surface area contributed by atoms with Gasteiger partial charge in [-0.05, 0) is 42.3 Å². The number of alkyl halides is 3. The van der Waals surface area contributed by atoms with Crippen molar-refractivity contribution in [2.75, 3.05) is 18.6 Å². The number of carbonyl (C=O) groups excluding carboxylic acids is 2. The fraction of sp³-hybridized carbons (Fsp3) is 0.167. The number of ketones is 1. The lowest BCUT2D eigenvalue weighted by atomic mass is 10.1. The Balaban J connectivity index is 1.91. The highest BCUT2D eigenvalue weighted by atomic mass is 35.5. The van der Waals surface area contributed by atoms with E-state index in [0.29, 0.717) is 22.0 Å². The van der Waals surface area contributed by atoms with Crippen molar-refractivity contribution in [2.24, 2.45) is 0 Å². The molecule has 3 aromatic rings. The van der Waals surface area contributed by atoms with Crippen LogP contribution in [0.25, 0.3) is 0 Å². The first-order valence-corrected chi connectivity index (χ1v) is 9.99. The van der Waals surface area contributed by atoms with Crippen LogP contribution >= 0.6 is 11.6 Å². The van der Waals surface area contributed by atoms with E-state index < -0.39 is 23.4 Å². The maximum Gasteiger partial charge on any atom is 0.416 e. The van der Waals surface area contributed by atoms with E-state index in [4.69, 9.17) is 16.3 Å². The molecule has 0 aliphatic carbocycles. The molecule has 166 valence electrons. The van der Waals surface area contributed by atoms with E-state index >= 15 is 0 Å². The van der Waals surface area contributed by atoms with Crippen LogP contribution < -0.4 is 9.64 Å². The van der Waals surface area contributed by atoms with Crippen LogP contribution in [-0.2, 0) is 17.4 Å². The van der Waals surface area contributed by atoms with Gasteiger partial charge in [-0.15, -0.1) is 0 Å². The van der Waals surface area contributed by atoms with E-state index in [-0.39, 0.29) is 18.5 Å². The van der Waals surface area contributed by atoms with Gasteiger partial charge in [-0.25, -0.2) is 0 Å². The van der Waals surface area contributed by atoms with Crippen molar-refractivity contribution in [2.45, 2.75) is 12.6 Å². The Kier molecular flexibility index (Phi) is 7.20. The first kappa shape index (κ1) is 23.3. The predicted octanol–water partition coefficient (Wildman–Crippen LogP) is 5.83. The number of amides is 1. The van der Waals surface area contributed by atoms with Gasteiger partial charge in [-0.1, -0.05) is 54.1 Å². The third-order valence-corrected chi connectivity index (χ3v) is 5.05. The maximum absolute atomic E-state index is 13.2. The number of carbonyl (C=O) groups is 2. The zero-order chi connectivity index (χ0) is 23.3. The first-order chi connectivity index (χ1) is 15.2. The molecule has 0 fully saturated rings. The van der Waals surface area contributed by atoms with Crippen LogP contribution in [-0.4, -0.2) is 25.3 Å². The summed E-state index contributed by atoms with van der Waals surface area (Å²) >= 11 is 6.11. The van der Waals surface area contributed by atoms with Crippen LogP contribution in [0.5, 0.6) is 5.75 Å². The Morgan fingerprint density at radius 3 is 2.22 bits per heavy atom. The van der Waals surface area contributed by atoms with Gasteiger partial charge in [0, 0.05) is 17.1 Å². The average molecular weight is 462 g/mol. The van der Waals surface area contributed by atoms with Crippen molar-refractivity contribution >= 4 is 29.0 Å². The molecule has 0 atom stereocenters. The molecule has 0 heterocycles. The number of ether oxygens (including phenoxy) is 1. The number of halogens is 4. The molecule has 8 heteroatoms. The number of rotatable bonds is 7. The molecule has 0 aliphatic rings. The van der Waals surface area contributed by atoms with Gasteiger partial charge in [0.1, 0.15) is 5.75 Å². The molecule has 0 bridgehead atoms. The third kappa shape index (κ3) is 5.48. The molecule has 0 aromatic heterocycles. The van der Waals surface area contributed by atoms with Gasteiger partial charge in [-0.2, -0.15) is 13.2 Å². The molecular formula is C24H19ClF3NO3. The summed E-state index contributed by atoms with van der Waals surface area (Å²) in [6, 6.07) is 17.4. The Labute approximate surface area is 188 Å². The quantitative estimate of drug-likeness (QED) is 0.329. The molecule has 0 unspecified atom stereocenters. The SMILES string of the molecule is COc1ccc(Cl)cc1N(CCc1ccc(C(F)(F)F)cc1)C(=O)C(=O)c1ccccc1. The molecule has 3 aromatic carbocycles. The van der Waals surface area contributed by atoms with E-state index in [2.05, 4.69) is 0 Å². The van der Waals surface area contributed by atoms with Gasteiger partial charge in [0.25, 0.3) is 11.7 Å². The summed E-state index contributed by atoms with van der Waals surface area (Å²) in [5, 5.41) is 0.334. The summed E-state index contributed by atoms with van der Waals surface area (Å²) in [5.74, 6) is -1.19. The van der Waals surface area contributed by atoms with Crippen molar-refractivity contribution in [3.8, 4) is 5.75 Å². The zero-order valence-corrected chi connectivity index (χ0v) is 17.8. The minimum Gasteiger partial charge on any atom is -0.495 e. The molecule has 1 amide bonds. The van der Waals surface area contributed by atoms with Crippen LogP contribution in [0, 0.1) is 0 Å². The lowest BCUT2D eigenvalue weighted by Crippen LogP contribution is -2.38. The second-order valence-corrected chi connectivity index (χ2v) is 7.35. The predicted molar refractivity (Wildman–Crippen MR) is 116 cm³/mol. The first-order valence-electron chi connectivity index (χ1n) is 9.61. The van der Waals surface area contributed by atoms with Gasteiger partial charge < -0.3 is 9.64 Å². The number of benzene rings is 3. The number of anilines is 1. The molecular weight excluding hydrogens is 443 g/mol. The van der Waals surface area contributed by atoms with Crippen LogP contribution in [0.4, 0.5) is 18.9 Å². The highest BCUT2D eigenvalue weighted by Crippen LogP contribution is 2.32. The fourth-order valence-electron chi connectivity index (χ4n) is 3.14. The van der Waals surface area contributed by atoms with Crippen LogP contribution in [0.1, 0.15) is 21.5 Å². The van der Waals surface area contributed by atoms with Crippen molar-refractivity contribution < 1.29 is 27.5 Å². The Bertz CT molecular complexity index is 1100. The second kappa shape index (κ2) is 9.87. The van der Waals surface area contributed by atoms with Crippen LogP contribution in [0.2, 0.25) is 5.02 Å². The van der Waals surface area contributed by atoms with Gasteiger partial charge in [0.15, 0.2) is 0 Å². The lowest BCUT2D eigenvalue weighted by molar-refractivity contribution is -0.137. The Morgan fingerprint density at radius 2 is 1.62 bits per heavy atom. The van der Waals surface area contributed by atoms with Crippen molar-refractivity contribution in [1.29, 1.82) is 0 Å². The average Bonchev–Trinajstić information content (AvgIpc) is 2.79. The fourth-order valence-corrected chi connectivity index (χ4v) is 3.31. The normalized spacial score (nSPS) is 11.2. The molecule has 3 rings (SSSR count). The molecule has 0 saturated heterocycles. The Morgan fingerprint density at radius 1 is 0.969 bits per heavy atom. The summed E-state index contributed by atoms with van der Waals surface area (Å²) < 4.78 is 43.8. The summed E-state index contributed by atoms with van der Waals surface area (Å²) in [4.78, 5) is 27.2. The lowest BCUT2D eigenvalue weighted by Gasteiger charge is -2.24. The van der Waals surface area contributed by atoms with Crippen LogP contribution in [0.15, 0.2) is 72.8 Å². The molecule has 0 aliphatic heterocycles. The van der Waals surface area contributed by atoms with Gasteiger partial charge in [0.2, 0.25) is 0 Å². The van der Waals surface area contributed by atoms with Crippen LogP contribution in [0.3, 0.4) is 0 Å². The van der Waals surface area contributed by atoms with Crippen molar-refractivity contribution in [3.63, 3.8) is 0 Å². The zero-order valence-electron chi connectivity index (χ0n) is 17.0. The summed E-state index contributed by atoms with van der Waals surface area (Å²) in [5.41, 5.74) is 0.327. The minimum absolute atomic E-state index is 0.0273. The summed E-state index contributed by atoms with van der Waals surface area (Å²) in [6.45, 7) is 0.0273. The van der Waals surface area contributed by atoms with Crippen molar-refractivity contribution in [3.05, 3.63) is 94.5 Å². The molecule has 32 heavy (non-hydrogen) atoms. The van der Waals surface area contributed by atoms with Gasteiger partial charge >= 0.3 is 6.18 Å². The van der Waals surface area contributed by atoms with Gasteiger partial charge in [-0.3, -0.25) is 9.59 Å². The number of Topliss-reactive ketones (excluding diaryl/α,β-unsaturated/α-hetero) is 1. The number of methoxy groups -OCH3 is 1. The summed E-state index contributed by atoms with van der Waals surface area (Å²) in [6.07, 6.45) is -4.22. The summed E-state index contributed by atoms with van der Waals surface area (Å²) in [7, 11) is 1.42. The van der Waals surface area contributed by atoms with E-state index in [1.807, 2.05) is 0 Å². The monoisotopic (exact) mass is 461 g/mol. The maximum atomic E-state index is 13.2. The highest BCUT2D eigenvalue weighted by Gasteiger charge is 2.30. The smallest absolute Gasteiger partial charge is 0.416 e. The van der Waals surface area contributed by atoms with Gasteiger partial charge in [0.05, 0.1) is 18.4 Å². The minimum atomic E-state index is -4.43. The molecule has 4 nitrogen and oxygen atoms in total. The number of hydrogen-bond acceptors (Lipinski definition) is 3. The topological polar surface area (TPSA) is 46.6 Å². The molecule has 0 N–H and O–H groups in total. The molecule has 0 saturated carbocycles. The van der Waals surface area contributed by atoms with E-state index in [1.54, 1.807) is 30.3 Å². The third-order valence-electron chi connectivity index (χ3n) is 4.81. The van der Waals surface area contributed by atoms with E-state index in [1.165, 1.54) is 42.3 Å². The molecule has 0 spiro atoms. The second-order valence-electron chi connectivity index (χ2n) is 6.91. The largest absolute Gasteiger partial charge is 0.495 e. The standard InChI is InChI=1S/C24H19ClF3NO3/c1-32-21-12-11-19(25)15-20(21)29(23(31)22(30)17-5-3-2-4-6-17)14-13-16-7-9-18(10-8-16)24(26,27)28/h2-12,15H,13-14H2,1H3. The van der Waals surface area contributed by atoms with Crippen molar-refractivity contribution in [1.82, 2.24) is 0 Å². The highest BCUT2D eigenvalue weighted by molar-refractivity contribution is 6.47. The van der Waals surface area contributed by atoms with E-state index in [9.17, 15) is 22.8 Å². The number of nitrogens with zero attached hydrogens (tertiary/aromatic N) is 1.